The van der Waals surface area contributed by atoms with Crippen molar-refractivity contribution in [1.29, 1.82) is 0 Å². The highest BCUT2D eigenvalue weighted by molar-refractivity contribution is 7.71. The van der Waals surface area contributed by atoms with Gasteiger partial charge in [-0.05, 0) is 37.2 Å². The molecule has 0 saturated heterocycles. The fourth-order valence-corrected chi connectivity index (χ4v) is 1.60. The van der Waals surface area contributed by atoms with Crippen molar-refractivity contribution in [1.82, 2.24) is 9.97 Å². The van der Waals surface area contributed by atoms with Crippen molar-refractivity contribution in [2.45, 2.75) is 13.8 Å². The number of hydrogen-bond donors (Lipinski definition) is 2. The predicted molar refractivity (Wildman–Crippen MR) is 53.0 cm³/mol. The summed E-state index contributed by atoms with van der Waals surface area (Å²) in [5.41, 5.74) is 4.70. The van der Waals surface area contributed by atoms with E-state index in [0.717, 1.165) is 11.0 Å². The van der Waals surface area contributed by atoms with Gasteiger partial charge in [-0.2, -0.15) is 0 Å². The smallest absolute Gasteiger partial charge is 0.175 e. The third-order valence-electron chi connectivity index (χ3n) is 2.10. The molecule has 0 amide bonds. The first-order valence-corrected chi connectivity index (χ1v) is 4.27. The first-order chi connectivity index (χ1) is 5.68. The summed E-state index contributed by atoms with van der Waals surface area (Å²) in [4.78, 5) is 6.25. The zero-order chi connectivity index (χ0) is 8.72. The quantitative estimate of drug-likeness (QED) is 0.597. The second kappa shape index (κ2) is 2.45. The van der Waals surface area contributed by atoms with Gasteiger partial charge in [-0.3, -0.25) is 0 Å². The summed E-state index contributed by atoms with van der Waals surface area (Å²) in [6.07, 6.45) is 0. The van der Waals surface area contributed by atoms with E-state index in [1.807, 2.05) is 0 Å². The van der Waals surface area contributed by atoms with Crippen molar-refractivity contribution in [2.75, 3.05) is 0 Å². The van der Waals surface area contributed by atoms with Gasteiger partial charge < -0.3 is 9.97 Å². The number of aryl methyl sites for hydroxylation is 2. The summed E-state index contributed by atoms with van der Waals surface area (Å²) in [7, 11) is 0. The molecule has 3 heteroatoms. The number of fused-ring (bicyclic) bond motifs is 1. The lowest BCUT2D eigenvalue weighted by molar-refractivity contribution is 1.29. The number of hydrogen-bond acceptors (Lipinski definition) is 1. The van der Waals surface area contributed by atoms with Gasteiger partial charge in [0.05, 0.1) is 11.0 Å². The Labute approximate surface area is 75.6 Å². The van der Waals surface area contributed by atoms with E-state index in [0.29, 0.717) is 4.77 Å². The maximum Gasteiger partial charge on any atom is 0.175 e. The number of imidazole rings is 1. The fourth-order valence-electron chi connectivity index (χ4n) is 1.39. The Balaban J connectivity index is 3.03. The largest absolute Gasteiger partial charge is 0.331 e. The Hall–Kier alpha value is -1.09. The summed E-state index contributed by atoms with van der Waals surface area (Å²) in [6, 6.07) is 4.19. The molecular formula is C9H10N2S. The number of aromatic amines is 2. The standard InChI is InChI=1S/C9H10N2S/c1-5-3-4-6(2)8-7(5)10-9(12)11-8/h3-4H,1-2H3,(H2,10,11,12). The van der Waals surface area contributed by atoms with Crippen molar-refractivity contribution in [3.8, 4) is 0 Å². The molecule has 2 rings (SSSR count). The molecule has 0 spiro atoms. The van der Waals surface area contributed by atoms with Crippen LogP contribution in [0.1, 0.15) is 11.1 Å². The number of H-pyrrole nitrogens is 2. The molecule has 1 heterocycles. The first-order valence-electron chi connectivity index (χ1n) is 3.86. The van der Waals surface area contributed by atoms with Crippen LogP contribution in [0.4, 0.5) is 0 Å². The summed E-state index contributed by atoms with van der Waals surface area (Å²) < 4.78 is 0.697. The molecule has 0 aliphatic carbocycles. The Morgan fingerprint density at radius 1 is 1.00 bits per heavy atom. The lowest BCUT2D eigenvalue weighted by Crippen LogP contribution is -1.79. The number of benzene rings is 1. The van der Waals surface area contributed by atoms with E-state index in [4.69, 9.17) is 12.2 Å². The van der Waals surface area contributed by atoms with E-state index >= 15 is 0 Å². The summed E-state index contributed by atoms with van der Waals surface area (Å²) in [5.74, 6) is 0. The molecule has 62 valence electrons. The van der Waals surface area contributed by atoms with Crippen molar-refractivity contribution >= 4 is 23.3 Å². The molecule has 1 aromatic carbocycles. The monoisotopic (exact) mass is 178 g/mol. The van der Waals surface area contributed by atoms with Crippen LogP contribution < -0.4 is 0 Å². The van der Waals surface area contributed by atoms with Crippen molar-refractivity contribution in [3.05, 3.63) is 28.0 Å². The molecule has 1 aromatic heterocycles. The third-order valence-corrected chi connectivity index (χ3v) is 2.30. The van der Waals surface area contributed by atoms with Gasteiger partial charge in [-0.25, -0.2) is 0 Å². The maximum absolute atomic E-state index is 5.02. The molecule has 0 unspecified atom stereocenters. The van der Waals surface area contributed by atoms with Gasteiger partial charge in [-0.15, -0.1) is 0 Å². The van der Waals surface area contributed by atoms with Crippen molar-refractivity contribution in [2.24, 2.45) is 0 Å². The second-order valence-electron chi connectivity index (χ2n) is 3.03. The molecule has 0 saturated carbocycles. The van der Waals surface area contributed by atoms with E-state index < -0.39 is 0 Å². The van der Waals surface area contributed by atoms with Crippen LogP contribution in [0.2, 0.25) is 0 Å². The zero-order valence-electron chi connectivity index (χ0n) is 7.06. The van der Waals surface area contributed by atoms with E-state index in [1.54, 1.807) is 0 Å². The maximum atomic E-state index is 5.02. The van der Waals surface area contributed by atoms with Crippen LogP contribution in [0.5, 0.6) is 0 Å². The van der Waals surface area contributed by atoms with Gasteiger partial charge in [0.15, 0.2) is 4.77 Å². The molecule has 2 N–H and O–H groups in total. The average Bonchev–Trinajstić information content (AvgIpc) is 2.41. The minimum Gasteiger partial charge on any atom is -0.331 e. The average molecular weight is 178 g/mol. The lowest BCUT2D eigenvalue weighted by Gasteiger charge is -1.97. The zero-order valence-corrected chi connectivity index (χ0v) is 7.88. The van der Waals surface area contributed by atoms with E-state index in [-0.39, 0.29) is 0 Å². The Kier molecular flexibility index (Phi) is 1.54. The SMILES string of the molecule is Cc1ccc(C)c2[nH]c(=S)[nH]c12. The van der Waals surface area contributed by atoms with Crippen molar-refractivity contribution in [3.63, 3.8) is 0 Å². The lowest BCUT2D eigenvalue weighted by atomic mass is 10.1. The second-order valence-corrected chi connectivity index (χ2v) is 3.44. The number of aromatic nitrogens is 2. The minimum atomic E-state index is 0.697. The Morgan fingerprint density at radius 2 is 1.42 bits per heavy atom. The van der Waals surface area contributed by atoms with Crippen molar-refractivity contribution < 1.29 is 0 Å². The van der Waals surface area contributed by atoms with Crippen LogP contribution in [0, 0.1) is 18.6 Å². The van der Waals surface area contributed by atoms with Crippen LogP contribution in [0.15, 0.2) is 12.1 Å². The third kappa shape index (κ3) is 0.975. The fraction of sp³-hybridized carbons (Fsp3) is 0.222. The van der Waals surface area contributed by atoms with Crippen LogP contribution in [0.3, 0.4) is 0 Å². The topological polar surface area (TPSA) is 31.6 Å². The highest BCUT2D eigenvalue weighted by Crippen LogP contribution is 2.17. The molecule has 0 atom stereocenters. The van der Waals surface area contributed by atoms with Gasteiger partial charge in [0.1, 0.15) is 0 Å². The summed E-state index contributed by atoms with van der Waals surface area (Å²) in [6.45, 7) is 4.14. The molecule has 0 aliphatic heterocycles. The highest BCUT2D eigenvalue weighted by atomic mass is 32.1. The molecule has 2 aromatic rings. The Morgan fingerprint density at radius 3 is 1.83 bits per heavy atom. The first kappa shape index (κ1) is 7.55. The molecular weight excluding hydrogens is 168 g/mol. The molecule has 2 nitrogen and oxygen atoms in total. The van der Waals surface area contributed by atoms with Gasteiger partial charge in [0.25, 0.3) is 0 Å². The van der Waals surface area contributed by atoms with Gasteiger partial charge in [0.2, 0.25) is 0 Å². The summed E-state index contributed by atoms with van der Waals surface area (Å²) >= 11 is 5.02. The van der Waals surface area contributed by atoms with Gasteiger partial charge in [-0.1, -0.05) is 12.1 Å². The molecule has 0 bridgehead atoms. The minimum absolute atomic E-state index is 0.697. The molecule has 0 fully saturated rings. The Bertz CT molecular complexity index is 437. The highest BCUT2D eigenvalue weighted by Gasteiger charge is 2.01. The van der Waals surface area contributed by atoms with Crippen LogP contribution in [0.25, 0.3) is 11.0 Å². The van der Waals surface area contributed by atoms with Crippen LogP contribution in [-0.4, -0.2) is 9.97 Å². The van der Waals surface area contributed by atoms with Crippen LogP contribution >= 0.6 is 12.2 Å². The normalized spacial score (nSPS) is 10.8. The van der Waals surface area contributed by atoms with Crippen LogP contribution in [-0.2, 0) is 0 Å². The van der Waals surface area contributed by atoms with Gasteiger partial charge >= 0.3 is 0 Å². The summed E-state index contributed by atoms with van der Waals surface area (Å²) in [5, 5.41) is 0. The predicted octanol–water partition coefficient (Wildman–Crippen LogP) is 2.84. The molecule has 12 heavy (non-hydrogen) atoms. The molecule has 0 aliphatic rings. The van der Waals surface area contributed by atoms with E-state index in [1.165, 1.54) is 11.1 Å². The van der Waals surface area contributed by atoms with E-state index in [2.05, 4.69) is 35.9 Å². The van der Waals surface area contributed by atoms with Gasteiger partial charge in [0, 0.05) is 0 Å². The number of rotatable bonds is 0. The van der Waals surface area contributed by atoms with E-state index in [9.17, 15) is 0 Å². The number of nitrogens with one attached hydrogen (secondary N) is 2. The molecule has 0 radical (unpaired) electrons.